The predicted molar refractivity (Wildman–Crippen MR) is 96.8 cm³/mol. The van der Waals surface area contributed by atoms with Gasteiger partial charge < -0.3 is 29.6 Å². The summed E-state index contributed by atoms with van der Waals surface area (Å²) >= 11 is 0. The van der Waals surface area contributed by atoms with Crippen LogP contribution in [-0.2, 0) is 11.3 Å². The van der Waals surface area contributed by atoms with Crippen LogP contribution in [0.3, 0.4) is 0 Å². The molecule has 7 nitrogen and oxygen atoms in total. The molecule has 0 bridgehead atoms. The number of methoxy groups -OCH3 is 1. The zero-order valence-electron chi connectivity index (χ0n) is 14.8. The van der Waals surface area contributed by atoms with Gasteiger partial charge in [0.15, 0.2) is 11.5 Å². The van der Waals surface area contributed by atoms with Crippen LogP contribution in [0.4, 0.5) is 10.5 Å². The lowest BCUT2D eigenvalue weighted by Crippen LogP contribution is -2.38. The Hall–Kier alpha value is -2.93. The van der Waals surface area contributed by atoms with Crippen LogP contribution in [0, 0.1) is 0 Å². The van der Waals surface area contributed by atoms with E-state index in [0.717, 1.165) is 11.3 Å². The van der Waals surface area contributed by atoms with E-state index in [2.05, 4.69) is 10.6 Å². The topological polar surface area (TPSA) is 78.1 Å². The van der Waals surface area contributed by atoms with Crippen LogP contribution in [0.15, 0.2) is 42.5 Å². The Morgan fingerprint density at radius 1 is 1.19 bits per heavy atom. The molecule has 2 aromatic rings. The maximum Gasteiger partial charge on any atom is 0.319 e. The molecule has 2 aromatic carbocycles. The summed E-state index contributed by atoms with van der Waals surface area (Å²) in [5.41, 5.74) is 1.63. The summed E-state index contributed by atoms with van der Waals surface area (Å²) in [6.45, 7) is 2.93. The first-order chi connectivity index (χ1) is 12.6. The average molecular weight is 358 g/mol. The normalized spacial score (nSPS) is 13.2. The van der Waals surface area contributed by atoms with Gasteiger partial charge in [-0.2, -0.15) is 0 Å². The molecule has 0 fully saturated rings. The zero-order chi connectivity index (χ0) is 18.4. The Kier molecular flexibility index (Phi) is 5.80. The first kappa shape index (κ1) is 17.9. The third-order valence-corrected chi connectivity index (χ3v) is 3.73. The molecule has 0 aliphatic carbocycles. The van der Waals surface area contributed by atoms with Crippen LogP contribution in [0.5, 0.6) is 17.2 Å². The third kappa shape index (κ3) is 4.80. The molecule has 0 unspecified atom stereocenters. The van der Waals surface area contributed by atoms with Crippen LogP contribution >= 0.6 is 0 Å². The molecule has 1 atom stereocenters. The minimum Gasteiger partial charge on any atom is -0.489 e. The largest absolute Gasteiger partial charge is 0.489 e. The van der Waals surface area contributed by atoms with Crippen molar-refractivity contribution in [1.82, 2.24) is 5.32 Å². The van der Waals surface area contributed by atoms with Crippen LogP contribution in [-0.4, -0.2) is 32.6 Å². The molecule has 1 aliphatic heterocycles. The standard InChI is InChI=1S/C19H22N2O5/c1-13(10-23-2)20-19(22)21-15-5-3-4-14(8-15)11-24-16-6-7-17-18(9-16)26-12-25-17/h3-9,13H,10-12H2,1-2H3,(H2,20,21,22)/t13-/m1/s1. The predicted octanol–water partition coefficient (Wildman–Crippen LogP) is 3.15. The molecular formula is C19H22N2O5. The van der Waals surface area contributed by atoms with Crippen molar-refractivity contribution < 1.29 is 23.7 Å². The lowest BCUT2D eigenvalue weighted by Gasteiger charge is -2.14. The Morgan fingerprint density at radius 2 is 2.04 bits per heavy atom. The van der Waals surface area contributed by atoms with Gasteiger partial charge in [-0.05, 0) is 36.8 Å². The van der Waals surface area contributed by atoms with Crippen molar-refractivity contribution in [3.8, 4) is 17.2 Å². The van der Waals surface area contributed by atoms with Crippen molar-refractivity contribution in [3.63, 3.8) is 0 Å². The Labute approximate surface area is 152 Å². The molecule has 3 rings (SSSR count). The summed E-state index contributed by atoms with van der Waals surface area (Å²) in [6.07, 6.45) is 0. The van der Waals surface area contributed by atoms with Crippen molar-refractivity contribution in [2.24, 2.45) is 0 Å². The number of hydrogen-bond acceptors (Lipinski definition) is 5. The van der Waals surface area contributed by atoms with E-state index in [4.69, 9.17) is 18.9 Å². The number of urea groups is 1. The van der Waals surface area contributed by atoms with Gasteiger partial charge in [0.2, 0.25) is 6.79 Å². The van der Waals surface area contributed by atoms with Gasteiger partial charge in [0.25, 0.3) is 0 Å². The SMILES string of the molecule is COC[C@@H](C)NC(=O)Nc1cccc(COc2ccc3c(c2)OCO3)c1. The highest BCUT2D eigenvalue weighted by Gasteiger charge is 2.13. The Bertz CT molecular complexity index is 765. The smallest absolute Gasteiger partial charge is 0.319 e. The lowest BCUT2D eigenvalue weighted by molar-refractivity contribution is 0.173. The van der Waals surface area contributed by atoms with Gasteiger partial charge >= 0.3 is 6.03 Å². The van der Waals surface area contributed by atoms with E-state index in [-0.39, 0.29) is 18.9 Å². The highest BCUT2D eigenvalue weighted by atomic mass is 16.7. The monoisotopic (exact) mass is 358 g/mol. The summed E-state index contributed by atoms with van der Waals surface area (Å²) < 4.78 is 21.4. The van der Waals surface area contributed by atoms with Gasteiger partial charge in [-0.15, -0.1) is 0 Å². The lowest BCUT2D eigenvalue weighted by atomic mass is 10.2. The number of anilines is 1. The summed E-state index contributed by atoms with van der Waals surface area (Å²) in [7, 11) is 1.60. The summed E-state index contributed by atoms with van der Waals surface area (Å²) in [4.78, 5) is 12.0. The first-order valence-electron chi connectivity index (χ1n) is 8.32. The molecule has 0 spiro atoms. The number of hydrogen-bond donors (Lipinski definition) is 2. The van der Waals surface area contributed by atoms with E-state index in [1.54, 1.807) is 13.2 Å². The van der Waals surface area contributed by atoms with Gasteiger partial charge in [0, 0.05) is 18.9 Å². The van der Waals surface area contributed by atoms with E-state index in [0.29, 0.717) is 30.4 Å². The highest BCUT2D eigenvalue weighted by molar-refractivity contribution is 5.89. The van der Waals surface area contributed by atoms with Crippen LogP contribution in [0.25, 0.3) is 0 Å². The summed E-state index contributed by atoms with van der Waals surface area (Å²) in [5, 5.41) is 5.60. The third-order valence-electron chi connectivity index (χ3n) is 3.73. The fraction of sp³-hybridized carbons (Fsp3) is 0.316. The molecule has 1 heterocycles. The minimum atomic E-state index is -0.275. The zero-order valence-corrected chi connectivity index (χ0v) is 14.8. The molecule has 0 radical (unpaired) electrons. The number of nitrogens with one attached hydrogen (secondary N) is 2. The average Bonchev–Trinajstić information content (AvgIpc) is 3.08. The molecule has 2 N–H and O–H groups in total. The molecule has 0 aromatic heterocycles. The van der Waals surface area contributed by atoms with Crippen molar-refractivity contribution in [2.75, 3.05) is 25.8 Å². The van der Waals surface area contributed by atoms with Crippen LogP contribution in [0.1, 0.15) is 12.5 Å². The molecule has 2 amide bonds. The number of benzene rings is 2. The number of rotatable bonds is 7. The van der Waals surface area contributed by atoms with Gasteiger partial charge in [-0.25, -0.2) is 4.79 Å². The van der Waals surface area contributed by atoms with Crippen molar-refractivity contribution in [2.45, 2.75) is 19.6 Å². The molecule has 7 heteroatoms. The first-order valence-corrected chi connectivity index (χ1v) is 8.32. The maximum absolute atomic E-state index is 12.0. The van der Waals surface area contributed by atoms with E-state index in [1.807, 2.05) is 43.3 Å². The molecule has 1 aliphatic rings. The maximum atomic E-state index is 12.0. The Morgan fingerprint density at radius 3 is 2.88 bits per heavy atom. The number of ether oxygens (including phenoxy) is 4. The van der Waals surface area contributed by atoms with Gasteiger partial charge in [0.1, 0.15) is 12.4 Å². The van der Waals surface area contributed by atoms with Crippen molar-refractivity contribution in [1.29, 1.82) is 0 Å². The van der Waals surface area contributed by atoms with E-state index >= 15 is 0 Å². The fourth-order valence-corrected chi connectivity index (χ4v) is 2.55. The fourth-order valence-electron chi connectivity index (χ4n) is 2.55. The second-order valence-corrected chi connectivity index (χ2v) is 5.96. The van der Waals surface area contributed by atoms with Crippen molar-refractivity contribution in [3.05, 3.63) is 48.0 Å². The number of fused-ring (bicyclic) bond motifs is 1. The molecule has 0 saturated carbocycles. The number of carbonyl (C=O) groups excluding carboxylic acids is 1. The summed E-state index contributed by atoms with van der Waals surface area (Å²) in [6, 6.07) is 12.6. The second-order valence-electron chi connectivity index (χ2n) is 5.96. The Balaban J connectivity index is 1.54. The van der Waals surface area contributed by atoms with E-state index < -0.39 is 0 Å². The second kappa shape index (κ2) is 8.44. The quantitative estimate of drug-likeness (QED) is 0.795. The molecule has 0 saturated heterocycles. The van der Waals surface area contributed by atoms with Gasteiger partial charge in [-0.1, -0.05) is 12.1 Å². The van der Waals surface area contributed by atoms with Crippen molar-refractivity contribution >= 4 is 11.7 Å². The molecular weight excluding hydrogens is 336 g/mol. The van der Waals surface area contributed by atoms with Gasteiger partial charge in [0.05, 0.1) is 12.6 Å². The molecule has 138 valence electrons. The minimum absolute atomic E-state index is 0.0717. The summed E-state index contributed by atoms with van der Waals surface area (Å²) in [5.74, 6) is 2.09. The number of amides is 2. The highest BCUT2D eigenvalue weighted by Crippen LogP contribution is 2.35. The van der Waals surface area contributed by atoms with E-state index in [1.165, 1.54) is 0 Å². The van der Waals surface area contributed by atoms with Crippen LogP contribution < -0.4 is 24.8 Å². The number of carbonyl (C=O) groups is 1. The van der Waals surface area contributed by atoms with Gasteiger partial charge in [-0.3, -0.25) is 0 Å². The molecule has 26 heavy (non-hydrogen) atoms. The van der Waals surface area contributed by atoms with Crippen LogP contribution in [0.2, 0.25) is 0 Å². The van der Waals surface area contributed by atoms with E-state index in [9.17, 15) is 4.79 Å².